The topological polar surface area (TPSA) is 139 Å². The van der Waals surface area contributed by atoms with Crippen molar-refractivity contribution in [1.29, 1.82) is 0 Å². The molecular formula is C25H26BrN7O3. The normalized spacial score (nSPS) is 19.2. The number of nitrogens with two attached hydrogens (primary N) is 1. The molecule has 4 aromatic rings. The molecule has 0 unspecified atom stereocenters. The molecule has 2 atom stereocenters. The minimum Gasteiger partial charge on any atom is -0.508 e. The third-order valence-electron chi connectivity index (χ3n) is 7.11. The van der Waals surface area contributed by atoms with Gasteiger partial charge in [0.1, 0.15) is 46.5 Å². The molecule has 2 amide bonds. The number of phenolic OH excluding ortho intramolecular Hbond substituents is 1. The molecule has 4 N–H and O–H groups in total. The summed E-state index contributed by atoms with van der Waals surface area (Å²) in [6.07, 6.45) is 1.86. The maximum absolute atomic E-state index is 13.8. The molecule has 1 aliphatic heterocycles. The number of amides is 2. The Labute approximate surface area is 215 Å². The molecule has 3 aromatic heterocycles. The molecule has 4 heterocycles. The van der Waals surface area contributed by atoms with Gasteiger partial charge in [0.15, 0.2) is 0 Å². The van der Waals surface area contributed by atoms with Crippen LogP contribution in [-0.2, 0) is 16.1 Å². The zero-order valence-corrected chi connectivity index (χ0v) is 21.7. The van der Waals surface area contributed by atoms with Crippen LogP contribution in [0.5, 0.6) is 5.75 Å². The molecule has 0 radical (unpaired) electrons. The first-order valence-corrected chi connectivity index (χ1v) is 12.3. The van der Waals surface area contributed by atoms with E-state index >= 15 is 0 Å². The van der Waals surface area contributed by atoms with Gasteiger partial charge >= 0.3 is 0 Å². The monoisotopic (exact) mass is 551 g/mol. The van der Waals surface area contributed by atoms with Gasteiger partial charge in [-0.1, -0.05) is 19.9 Å². The van der Waals surface area contributed by atoms with E-state index < -0.39 is 6.04 Å². The number of aromatic nitrogens is 4. The Morgan fingerprint density at radius 1 is 1.25 bits per heavy atom. The summed E-state index contributed by atoms with van der Waals surface area (Å²) in [5.41, 5.74) is 7.04. The van der Waals surface area contributed by atoms with Gasteiger partial charge in [-0.25, -0.2) is 15.0 Å². The number of rotatable bonds is 4. The van der Waals surface area contributed by atoms with E-state index in [9.17, 15) is 14.7 Å². The van der Waals surface area contributed by atoms with Crippen LogP contribution in [0, 0.1) is 5.41 Å². The fourth-order valence-corrected chi connectivity index (χ4v) is 5.36. The van der Waals surface area contributed by atoms with Crippen LogP contribution in [0.25, 0.3) is 21.9 Å². The summed E-state index contributed by atoms with van der Waals surface area (Å²) in [5.74, 6) is 0.235. The predicted molar refractivity (Wildman–Crippen MR) is 140 cm³/mol. The molecule has 36 heavy (non-hydrogen) atoms. The number of nitrogens with one attached hydrogen (secondary N) is 1. The van der Waals surface area contributed by atoms with E-state index in [-0.39, 0.29) is 41.4 Å². The highest BCUT2D eigenvalue weighted by molar-refractivity contribution is 9.10. The lowest BCUT2D eigenvalue weighted by atomic mass is 9.84. The number of likely N-dealkylation sites (tertiary alicyclic amines) is 1. The van der Waals surface area contributed by atoms with Gasteiger partial charge in [-0.15, -0.1) is 0 Å². The highest BCUT2D eigenvalue weighted by atomic mass is 79.9. The summed E-state index contributed by atoms with van der Waals surface area (Å²) in [6.45, 7) is 6.02. The van der Waals surface area contributed by atoms with Crippen LogP contribution in [0.4, 0.5) is 11.6 Å². The second kappa shape index (κ2) is 8.74. The van der Waals surface area contributed by atoms with E-state index in [1.807, 2.05) is 6.92 Å². The Morgan fingerprint density at radius 3 is 2.78 bits per heavy atom. The molecule has 10 nitrogen and oxygen atoms in total. The van der Waals surface area contributed by atoms with Gasteiger partial charge in [0, 0.05) is 11.4 Å². The Balaban J connectivity index is 1.51. The third-order valence-corrected chi connectivity index (χ3v) is 7.55. The zero-order chi connectivity index (χ0) is 25.8. The largest absolute Gasteiger partial charge is 0.508 e. The molecule has 0 spiro atoms. The molecule has 0 saturated carbocycles. The standard InChI is InChI=1S/C25H26BrN7O3/c1-13-25(2,3)10-17(24(36)31-19-6-4-5-18(26)30-19)33(13)20(35)11-32-16-8-7-14(34)9-15(16)21-22(27)28-12-29-23(21)32/h4-9,12-13,17,34H,10-11H2,1-3H3,(H2,27,28,29)(H,30,31,36)/t13-,17+/m1/s1. The maximum atomic E-state index is 13.8. The molecule has 186 valence electrons. The first kappa shape index (κ1) is 24.0. The molecule has 1 aromatic carbocycles. The molecule has 1 fully saturated rings. The highest BCUT2D eigenvalue weighted by Crippen LogP contribution is 2.41. The second-order valence-corrected chi connectivity index (χ2v) is 10.6. The maximum Gasteiger partial charge on any atom is 0.248 e. The quantitative estimate of drug-likeness (QED) is 0.328. The number of hydrogen-bond acceptors (Lipinski definition) is 7. The summed E-state index contributed by atoms with van der Waals surface area (Å²) in [4.78, 5) is 41.6. The van der Waals surface area contributed by atoms with Crippen LogP contribution in [0.15, 0.2) is 47.3 Å². The number of fused-ring (bicyclic) bond motifs is 3. The van der Waals surface area contributed by atoms with Crippen molar-refractivity contribution in [1.82, 2.24) is 24.4 Å². The summed E-state index contributed by atoms with van der Waals surface area (Å²) in [6, 6.07) is 9.26. The van der Waals surface area contributed by atoms with Crippen molar-refractivity contribution >= 4 is 61.3 Å². The van der Waals surface area contributed by atoms with Crippen LogP contribution in [0.3, 0.4) is 0 Å². The fraction of sp³-hybridized carbons (Fsp3) is 0.320. The van der Waals surface area contributed by atoms with Gasteiger partial charge in [0.2, 0.25) is 11.8 Å². The predicted octanol–water partition coefficient (Wildman–Crippen LogP) is 3.68. The van der Waals surface area contributed by atoms with Crippen molar-refractivity contribution in [2.75, 3.05) is 11.1 Å². The summed E-state index contributed by atoms with van der Waals surface area (Å²) < 4.78 is 2.36. The number of benzene rings is 1. The number of phenols is 1. The Kier molecular flexibility index (Phi) is 5.82. The van der Waals surface area contributed by atoms with E-state index in [4.69, 9.17) is 5.73 Å². The lowest BCUT2D eigenvalue weighted by Gasteiger charge is -2.31. The second-order valence-electron chi connectivity index (χ2n) is 9.77. The molecule has 5 rings (SSSR count). The van der Waals surface area contributed by atoms with Crippen molar-refractivity contribution in [2.24, 2.45) is 5.41 Å². The van der Waals surface area contributed by atoms with Crippen LogP contribution in [0.1, 0.15) is 27.2 Å². The summed E-state index contributed by atoms with van der Waals surface area (Å²) >= 11 is 3.32. The minimum absolute atomic E-state index is 0.0550. The lowest BCUT2D eigenvalue weighted by Crippen LogP contribution is -2.48. The molecule has 1 aliphatic rings. The molecular weight excluding hydrogens is 526 g/mol. The van der Waals surface area contributed by atoms with Gasteiger partial charge in [0.25, 0.3) is 0 Å². The Hall–Kier alpha value is -3.73. The number of carbonyl (C=O) groups is 2. The van der Waals surface area contributed by atoms with Crippen LogP contribution in [-0.4, -0.2) is 53.4 Å². The van der Waals surface area contributed by atoms with Crippen LogP contribution in [0.2, 0.25) is 0 Å². The van der Waals surface area contributed by atoms with Crippen molar-refractivity contribution in [3.8, 4) is 5.75 Å². The molecule has 0 aliphatic carbocycles. The smallest absolute Gasteiger partial charge is 0.248 e. The number of nitrogens with zero attached hydrogens (tertiary/aromatic N) is 5. The van der Waals surface area contributed by atoms with E-state index in [1.54, 1.807) is 45.9 Å². The first-order chi connectivity index (χ1) is 17.1. The third kappa shape index (κ3) is 4.02. The SMILES string of the molecule is C[C@H]1N(C(=O)Cn2c3ccc(O)cc3c3c(N)ncnc32)[C@H](C(=O)Nc2cccc(Br)n2)CC1(C)C. The minimum atomic E-state index is -0.667. The van der Waals surface area contributed by atoms with E-state index in [0.29, 0.717) is 38.8 Å². The number of hydrogen-bond donors (Lipinski definition) is 3. The van der Waals surface area contributed by atoms with Crippen LogP contribution < -0.4 is 11.1 Å². The van der Waals surface area contributed by atoms with Crippen LogP contribution >= 0.6 is 15.9 Å². The van der Waals surface area contributed by atoms with Gasteiger partial charge in [-0.2, -0.15) is 0 Å². The van der Waals surface area contributed by atoms with Crippen molar-refractivity contribution in [3.05, 3.63) is 47.3 Å². The summed E-state index contributed by atoms with van der Waals surface area (Å²) in [7, 11) is 0. The number of pyridine rings is 1. The average Bonchev–Trinajstić information content (AvgIpc) is 3.25. The average molecular weight is 552 g/mol. The van der Waals surface area contributed by atoms with Gasteiger partial charge in [0.05, 0.1) is 10.9 Å². The molecule has 11 heteroatoms. The number of aromatic hydroxyl groups is 1. The van der Waals surface area contributed by atoms with Gasteiger partial charge < -0.3 is 25.6 Å². The fourth-order valence-electron chi connectivity index (χ4n) is 5.01. The number of anilines is 2. The highest BCUT2D eigenvalue weighted by Gasteiger charge is 2.49. The van der Waals surface area contributed by atoms with Crippen molar-refractivity contribution < 1.29 is 14.7 Å². The molecule has 0 bridgehead atoms. The van der Waals surface area contributed by atoms with Gasteiger partial charge in [-0.05, 0) is 65.0 Å². The zero-order valence-electron chi connectivity index (χ0n) is 20.1. The number of nitrogen functional groups attached to an aromatic ring is 1. The Bertz CT molecular complexity index is 1520. The van der Waals surface area contributed by atoms with Gasteiger partial charge in [-0.3, -0.25) is 9.59 Å². The number of carbonyl (C=O) groups excluding carboxylic acids is 2. The lowest BCUT2D eigenvalue weighted by molar-refractivity contribution is -0.139. The van der Waals surface area contributed by atoms with E-state index in [1.165, 1.54) is 6.33 Å². The van der Waals surface area contributed by atoms with Crippen molar-refractivity contribution in [3.63, 3.8) is 0 Å². The van der Waals surface area contributed by atoms with E-state index in [2.05, 4.69) is 50.0 Å². The van der Waals surface area contributed by atoms with Crippen molar-refractivity contribution in [2.45, 2.75) is 45.8 Å². The first-order valence-electron chi connectivity index (χ1n) is 11.5. The number of halogens is 1. The summed E-state index contributed by atoms with van der Waals surface area (Å²) in [5, 5.41) is 14.1. The molecule has 1 saturated heterocycles. The Morgan fingerprint density at radius 2 is 2.03 bits per heavy atom. The van der Waals surface area contributed by atoms with E-state index in [0.717, 1.165) is 0 Å².